The van der Waals surface area contributed by atoms with Crippen LogP contribution in [0.3, 0.4) is 0 Å². The molecule has 0 unspecified atom stereocenters. The number of halogens is 2. The third-order valence-electron chi connectivity index (χ3n) is 5.17. The number of amides is 3. The maximum absolute atomic E-state index is 14.2. The standard InChI is InChI=1S/C25H19ClFN3O5/c1-34-16-10-11-18(20(13-16)35-2)29-23(31)14-6-5-7-15(12-14)28-22-21(26)24(32)30(25(22)33)19-9-4-3-8-17(19)27/h3-13,28H,1-2H3,(H,29,31). The molecule has 1 heterocycles. The average Bonchev–Trinajstić information content (AvgIpc) is 3.07. The Bertz CT molecular complexity index is 1370. The van der Waals surface area contributed by atoms with E-state index >= 15 is 0 Å². The van der Waals surface area contributed by atoms with Gasteiger partial charge in [0.05, 0.1) is 25.6 Å². The van der Waals surface area contributed by atoms with Crippen molar-refractivity contribution in [3.05, 3.63) is 88.8 Å². The summed E-state index contributed by atoms with van der Waals surface area (Å²) < 4.78 is 24.7. The molecule has 8 nitrogen and oxygen atoms in total. The number of carbonyl (C=O) groups is 3. The van der Waals surface area contributed by atoms with E-state index in [1.165, 1.54) is 38.5 Å². The van der Waals surface area contributed by atoms with Crippen molar-refractivity contribution in [2.24, 2.45) is 0 Å². The lowest BCUT2D eigenvalue weighted by Gasteiger charge is -2.16. The SMILES string of the molecule is COc1ccc(NC(=O)c2cccc(NC3=C(Cl)C(=O)N(c4ccccc4F)C3=O)c2)c(OC)c1. The molecule has 0 radical (unpaired) electrons. The number of para-hydroxylation sites is 1. The van der Waals surface area contributed by atoms with Crippen molar-refractivity contribution in [1.82, 2.24) is 0 Å². The Labute approximate surface area is 204 Å². The lowest BCUT2D eigenvalue weighted by Crippen LogP contribution is -2.33. The van der Waals surface area contributed by atoms with Crippen molar-refractivity contribution in [3.8, 4) is 11.5 Å². The van der Waals surface area contributed by atoms with E-state index in [-0.39, 0.29) is 16.9 Å². The lowest BCUT2D eigenvalue weighted by molar-refractivity contribution is -0.120. The number of rotatable bonds is 7. The number of nitrogens with one attached hydrogen (secondary N) is 2. The Balaban J connectivity index is 1.55. The molecule has 0 fully saturated rings. The molecule has 0 spiro atoms. The maximum Gasteiger partial charge on any atom is 0.283 e. The number of benzene rings is 3. The first-order valence-corrected chi connectivity index (χ1v) is 10.7. The van der Waals surface area contributed by atoms with Crippen LogP contribution in [0.5, 0.6) is 11.5 Å². The Morgan fingerprint density at radius 1 is 0.943 bits per heavy atom. The molecule has 10 heteroatoms. The van der Waals surface area contributed by atoms with Crippen molar-refractivity contribution in [1.29, 1.82) is 0 Å². The van der Waals surface area contributed by atoms with Crippen molar-refractivity contribution < 1.29 is 28.2 Å². The number of ether oxygens (including phenoxy) is 2. The molecule has 0 bridgehead atoms. The highest BCUT2D eigenvalue weighted by atomic mass is 35.5. The largest absolute Gasteiger partial charge is 0.497 e. The van der Waals surface area contributed by atoms with Crippen molar-refractivity contribution in [2.45, 2.75) is 0 Å². The summed E-state index contributed by atoms with van der Waals surface area (Å²) in [6.45, 7) is 0. The molecule has 178 valence electrons. The second-order valence-electron chi connectivity index (χ2n) is 7.31. The minimum atomic E-state index is -0.857. The Morgan fingerprint density at radius 2 is 1.71 bits per heavy atom. The van der Waals surface area contributed by atoms with Crippen molar-refractivity contribution in [2.75, 3.05) is 29.8 Å². The van der Waals surface area contributed by atoms with Gasteiger partial charge < -0.3 is 20.1 Å². The van der Waals surface area contributed by atoms with Gasteiger partial charge in [0.25, 0.3) is 17.7 Å². The molecule has 0 saturated carbocycles. The molecule has 0 aliphatic carbocycles. The number of carbonyl (C=O) groups excluding carboxylic acids is 3. The van der Waals surface area contributed by atoms with Crippen LogP contribution in [0.25, 0.3) is 0 Å². The van der Waals surface area contributed by atoms with E-state index < -0.39 is 28.6 Å². The smallest absolute Gasteiger partial charge is 0.283 e. The second kappa shape index (κ2) is 9.86. The van der Waals surface area contributed by atoms with Gasteiger partial charge in [-0.25, -0.2) is 9.29 Å². The average molecular weight is 496 g/mol. The number of imide groups is 1. The summed E-state index contributed by atoms with van der Waals surface area (Å²) in [6.07, 6.45) is 0. The zero-order valence-electron chi connectivity index (χ0n) is 18.6. The molecular formula is C25H19ClFN3O5. The molecule has 4 rings (SSSR count). The van der Waals surface area contributed by atoms with Crippen LogP contribution in [0, 0.1) is 5.82 Å². The molecule has 3 amide bonds. The van der Waals surface area contributed by atoms with Gasteiger partial charge in [-0.3, -0.25) is 14.4 Å². The van der Waals surface area contributed by atoms with Crippen LogP contribution >= 0.6 is 11.6 Å². The molecule has 35 heavy (non-hydrogen) atoms. The first-order chi connectivity index (χ1) is 16.8. The molecule has 3 aromatic carbocycles. The van der Waals surface area contributed by atoms with Crippen LogP contribution in [0.1, 0.15) is 10.4 Å². The summed E-state index contributed by atoms with van der Waals surface area (Å²) in [4.78, 5) is 39.0. The van der Waals surface area contributed by atoms with Crippen LogP contribution in [0.2, 0.25) is 0 Å². The summed E-state index contributed by atoms with van der Waals surface area (Å²) >= 11 is 6.12. The highest BCUT2D eigenvalue weighted by Gasteiger charge is 2.40. The summed E-state index contributed by atoms with van der Waals surface area (Å²) in [5.41, 5.74) is 0.573. The van der Waals surface area contributed by atoms with Gasteiger partial charge in [-0.05, 0) is 42.5 Å². The minimum absolute atomic E-state index is 0.209. The minimum Gasteiger partial charge on any atom is -0.497 e. The first kappa shape index (κ1) is 23.8. The second-order valence-corrected chi connectivity index (χ2v) is 7.69. The van der Waals surface area contributed by atoms with E-state index in [2.05, 4.69) is 10.6 Å². The van der Waals surface area contributed by atoms with Crippen LogP contribution in [-0.2, 0) is 9.59 Å². The number of methoxy groups -OCH3 is 2. The maximum atomic E-state index is 14.2. The van der Waals surface area contributed by atoms with E-state index in [4.69, 9.17) is 21.1 Å². The molecule has 0 aromatic heterocycles. The van der Waals surface area contributed by atoms with E-state index in [1.807, 2.05) is 0 Å². The fraction of sp³-hybridized carbons (Fsp3) is 0.0800. The summed E-state index contributed by atoms with van der Waals surface area (Å²) in [5.74, 6) is -1.89. The van der Waals surface area contributed by atoms with Gasteiger partial charge in [-0.2, -0.15) is 0 Å². The van der Waals surface area contributed by atoms with Crippen LogP contribution in [-0.4, -0.2) is 31.9 Å². The first-order valence-electron chi connectivity index (χ1n) is 10.3. The van der Waals surface area contributed by atoms with Gasteiger partial charge in [0.2, 0.25) is 0 Å². The zero-order valence-corrected chi connectivity index (χ0v) is 19.4. The summed E-state index contributed by atoms with van der Waals surface area (Å²) in [6, 6.07) is 16.5. The number of nitrogens with zero attached hydrogens (tertiary/aromatic N) is 1. The van der Waals surface area contributed by atoms with Crippen molar-refractivity contribution >= 4 is 46.4 Å². The molecule has 2 N–H and O–H groups in total. The third kappa shape index (κ3) is 4.67. The Kier molecular flexibility index (Phi) is 6.70. The van der Waals surface area contributed by atoms with E-state index in [1.54, 1.807) is 36.4 Å². The van der Waals surface area contributed by atoms with Gasteiger partial charge in [0.1, 0.15) is 28.0 Å². The Hall–Kier alpha value is -4.37. The fourth-order valence-electron chi connectivity index (χ4n) is 3.44. The van der Waals surface area contributed by atoms with Gasteiger partial charge >= 0.3 is 0 Å². The third-order valence-corrected chi connectivity index (χ3v) is 5.52. The molecular weight excluding hydrogens is 477 g/mol. The highest BCUT2D eigenvalue weighted by molar-refractivity contribution is 6.53. The topological polar surface area (TPSA) is 97.0 Å². The predicted molar refractivity (Wildman–Crippen MR) is 129 cm³/mol. The molecule has 0 saturated heterocycles. The highest BCUT2D eigenvalue weighted by Crippen LogP contribution is 2.32. The van der Waals surface area contributed by atoms with Gasteiger partial charge in [0, 0.05) is 17.3 Å². The quantitative estimate of drug-likeness (QED) is 0.467. The van der Waals surface area contributed by atoms with E-state index in [0.717, 1.165) is 6.07 Å². The summed E-state index contributed by atoms with van der Waals surface area (Å²) in [7, 11) is 2.99. The number of hydrogen-bond donors (Lipinski definition) is 2. The normalized spacial score (nSPS) is 13.2. The zero-order chi connectivity index (χ0) is 25.1. The summed E-state index contributed by atoms with van der Waals surface area (Å²) in [5, 5.41) is 5.14. The van der Waals surface area contributed by atoms with Crippen molar-refractivity contribution in [3.63, 3.8) is 0 Å². The van der Waals surface area contributed by atoms with Gasteiger partial charge in [-0.15, -0.1) is 0 Å². The number of hydrogen-bond acceptors (Lipinski definition) is 6. The van der Waals surface area contributed by atoms with E-state index in [0.29, 0.717) is 27.8 Å². The van der Waals surface area contributed by atoms with Gasteiger partial charge in [-0.1, -0.05) is 29.8 Å². The fourth-order valence-corrected chi connectivity index (χ4v) is 3.65. The number of anilines is 3. The molecule has 0 atom stereocenters. The van der Waals surface area contributed by atoms with Gasteiger partial charge in [0.15, 0.2) is 0 Å². The Morgan fingerprint density at radius 3 is 2.43 bits per heavy atom. The molecule has 1 aliphatic heterocycles. The predicted octanol–water partition coefficient (Wildman–Crippen LogP) is 4.53. The van der Waals surface area contributed by atoms with E-state index in [9.17, 15) is 18.8 Å². The molecule has 3 aromatic rings. The van der Waals surface area contributed by atoms with Crippen LogP contribution in [0.4, 0.5) is 21.5 Å². The monoisotopic (exact) mass is 495 g/mol. The van der Waals surface area contributed by atoms with Crippen LogP contribution in [0.15, 0.2) is 77.5 Å². The van der Waals surface area contributed by atoms with Crippen LogP contribution < -0.4 is 25.0 Å². The lowest BCUT2D eigenvalue weighted by atomic mass is 10.1. The molecule has 1 aliphatic rings.